The summed E-state index contributed by atoms with van der Waals surface area (Å²) in [7, 11) is 0. The predicted octanol–water partition coefficient (Wildman–Crippen LogP) is 24.6. The third-order valence-electron chi connectivity index (χ3n) is 20.4. The van der Waals surface area contributed by atoms with E-state index in [1.807, 2.05) is 0 Å². The Labute approximate surface area is 551 Å². The Kier molecular flexibility index (Phi) is 12.3. The molecular weight excluding hydrogens is 1150 g/mol. The van der Waals surface area contributed by atoms with Crippen LogP contribution in [-0.4, -0.2) is 13.7 Å². The fraction of sp³-hybridized carbons (Fsp3) is 0.0330. The zero-order valence-electron chi connectivity index (χ0n) is 52.6. The highest BCUT2D eigenvalue weighted by Crippen LogP contribution is 2.53. The molecule has 0 N–H and O–H groups in total. The lowest BCUT2D eigenvalue weighted by molar-refractivity contribution is 0.660. The van der Waals surface area contributed by atoms with Crippen molar-refractivity contribution in [1.29, 1.82) is 0 Å². The highest BCUT2D eigenvalue weighted by Gasteiger charge is 2.37. The topological polar surface area (TPSA) is 18.0 Å². The second-order valence-corrected chi connectivity index (χ2v) is 26.0. The van der Waals surface area contributed by atoms with Gasteiger partial charge >= 0.3 is 0 Å². The van der Waals surface area contributed by atoms with Gasteiger partial charge in [0.1, 0.15) is 0 Å². The maximum Gasteiger partial charge on any atom is 0.0547 e. The molecule has 1 aliphatic rings. The summed E-state index contributed by atoms with van der Waals surface area (Å²) in [6.45, 7) is 4.82. The van der Waals surface area contributed by atoms with E-state index in [0.29, 0.717) is 0 Å². The van der Waals surface area contributed by atoms with Gasteiger partial charge in [-0.2, -0.15) is 0 Å². The summed E-state index contributed by atoms with van der Waals surface area (Å²) in [6, 6.07) is 126. The van der Waals surface area contributed by atoms with E-state index in [4.69, 9.17) is 0 Å². The SMILES string of the molecule is CC1(C)c2cc(-c3ccc4c5ccccc5n(-c5ccccc5)c4c3)ccc2-c2ccc(N(c3ccc(-c4ccc(-c5ccc6c7ccccc7n(-c7ccccc7)c6c5)cc4)cc3)c3ccc(-c4ccc5c(c4)c4ccccc4n5-c4ccccc4)c4ccccc34)cc21. The Balaban J connectivity index is 0.714. The number of anilines is 3. The number of aromatic nitrogens is 3. The minimum Gasteiger partial charge on any atom is -0.310 e. The maximum absolute atomic E-state index is 2.49. The number of fused-ring (bicyclic) bond motifs is 13. The first-order valence-electron chi connectivity index (χ1n) is 33.0. The van der Waals surface area contributed by atoms with Gasteiger partial charge in [0.05, 0.1) is 38.8 Å². The van der Waals surface area contributed by atoms with Crippen LogP contribution in [0.4, 0.5) is 17.1 Å². The van der Waals surface area contributed by atoms with Crippen molar-refractivity contribution in [1.82, 2.24) is 13.7 Å². The summed E-state index contributed by atoms with van der Waals surface area (Å²) in [5.74, 6) is 0. The van der Waals surface area contributed by atoms with Gasteiger partial charge in [-0.15, -0.1) is 0 Å². The first-order valence-corrected chi connectivity index (χ1v) is 33.0. The number of hydrogen-bond donors (Lipinski definition) is 0. The molecule has 0 saturated carbocycles. The molecule has 0 spiro atoms. The van der Waals surface area contributed by atoms with E-state index in [1.54, 1.807) is 0 Å². The number of benzene rings is 15. The van der Waals surface area contributed by atoms with Crippen molar-refractivity contribution in [3.05, 3.63) is 351 Å². The van der Waals surface area contributed by atoms with E-state index in [1.165, 1.54) is 137 Å². The van der Waals surface area contributed by atoms with Crippen LogP contribution < -0.4 is 4.90 Å². The van der Waals surface area contributed by atoms with Gasteiger partial charge in [0.2, 0.25) is 0 Å². The van der Waals surface area contributed by atoms with Crippen LogP contribution in [0.15, 0.2) is 340 Å². The van der Waals surface area contributed by atoms with Gasteiger partial charge in [0, 0.05) is 71.6 Å². The average molecular weight is 1210 g/mol. The molecule has 15 aromatic carbocycles. The van der Waals surface area contributed by atoms with Crippen molar-refractivity contribution in [2.45, 2.75) is 19.3 Å². The van der Waals surface area contributed by atoms with Crippen molar-refractivity contribution in [2.75, 3.05) is 4.90 Å². The first kappa shape index (κ1) is 54.5. The second-order valence-electron chi connectivity index (χ2n) is 26.0. The molecule has 4 heteroatoms. The Hall–Kier alpha value is -12.2. The summed E-state index contributed by atoms with van der Waals surface area (Å²) in [5, 5.41) is 9.87. The van der Waals surface area contributed by atoms with Gasteiger partial charge in [-0.1, -0.05) is 238 Å². The molecule has 0 saturated heterocycles. The Morgan fingerprint density at radius 1 is 0.221 bits per heavy atom. The normalized spacial score (nSPS) is 12.6. The maximum atomic E-state index is 2.49. The smallest absolute Gasteiger partial charge is 0.0547 e. The van der Waals surface area contributed by atoms with Crippen molar-refractivity contribution < 1.29 is 0 Å². The van der Waals surface area contributed by atoms with E-state index < -0.39 is 0 Å². The number of rotatable bonds is 10. The lowest BCUT2D eigenvalue weighted by atomic mass is 9.81. The van der Waals surface area contributed by atoms with Gasteiger partial charge < -0.3 is 18.6 Å². The summed E-state index contributed by atoms with van der Waals surface area (Å²) in [4.78, 5) is 2.49. The Morgan fingerprint density at radius 3 is 1.14 bits per heavy atom. The van der Waals surface area contributed by atoms with Crippen LogP contribution in [0.1, 0.15) is 25.0 Å². The van der Waals surface area contributed by atoms with E-state index in [2.05, 4.69) is 372 Å². The molecule has 3 aromatic heterocycles. The molecule has 0 aliphatic heterocycles. The molecular formula is C91H62N4. The van der Waals surface area contributed by atoms with Gasteiger partial charge in [-0.05, 0) is 187 Å². The molecule has 4 nitrogen and oxygen atoms in total. The first-order chi connectivity index (χ1) is 46.9. The van der Waals surface area contributed by atoms with Crippen LogP contribution in [0.5, 0.6) is 0 Å². The fourth-order valence-electron chi connectivity index (χ4n) is 15.9. The van der Waals surface area contributed by atoms with E-state index >= 15 is 0 Å². The predicted molar refractivity (Wildman–Crippen MR) is 401 cm³/mol. The number of para-hydroxylation sites is 6. The van der Waals surface area contributed by atoms with Crippen LogP contribution in [0.3, 0.4) is 0 Å². The molecule has 0 fully saturated rings. The van der Waals surface area contributed by atoms with E-state index in [9.17, 15) is 0 Å². The van der Waals surface area contributed by atoms with Crippen LogP contribution in [0.2, 0.25) is 0 Å². The number of hydrogen-bond acceptors (Lipinski definition) is 1. The summed E-state index contributed by atoms with van der Waals surface area (Å²) in [5.41, 5.74) is 28.4. The molecule has 3 heterocycles. The van der Waals surface area contributed by atoms with Crippen molar-refractivity contribution in [3.63, 3.8) is 0 Å². The molecule has 18 aromatic rings. The molecule has 19 rings (SSSR count). The van der Waals surface area contributed by atoms with Crippen molar-refractivity contribution in [3.8, 4) is 72.7 Å². The number of nitrogens with zero attached hydrogens (tertiary/aromatic N) is 4. The zero-order chi connectivity index (χ0) is 62.9. The highest BCUT2D eigenvalue weighted by atomic mass is 15.1. The summed E-state index contributed by atoms with van der Waals surface area (Å²) in [6.07, 6.45) is 0. The third kappa shape index (κ3) is 8.61. The van der Waals surface area contributed by atoms with Gasteiger partial charge in [0.15, 0.2) is 0 Å². The lowest BCUT2D eigenvalue weighted by Gasteiger charge is -2.29. The summed E-state index contributed by atoms with van der Waals surface area (Å²) >= 11 is 0. The lowest BCUT2D eigenvalue weighted by Crippen LogP contribution is -2.17. The van der Waals surface area contributed by atoms with Crippen LogP contribution in [0.25, 0.3) is 149 Å². The third-order valence-corrected chi connectivity index (χ3v) is 20.4. The molecule has 0 atom stereocenters. The Bertz CT molecular complexity index is 6090. The molecule has 446 valence electrons. The highest BCUT2D eigenvalue weighted by molar-refractivity contribution is 6.14. The molecule has 0 radical (unpaired) electrons. The largest absolute Gasteiger partial charge is 0.310 e. The van der Waals surface area contributed by atoms with Crippen LogP contribution in [-0.2, 0) is 5.41 Å². The van der Waals surface area contributed by atoms with Gasteiger partial charge in [-0.25, -0.2) is 0 Å². The molecule has 95 heavy (non-hydrogen) atoms. The molecule has 0 bridgehead atoms. The van der Waals surface area contributed by atoms with Gasteiger partial charge in [0.25, 0.3) is 0 Å². The second kappa shape index (κ2) is 21.4. The van der Waals surface area contributed by atoms with Crippen LogP contribution >= 0.6 is 0 Å². The van der Waals surface area contributed by atoms with E-state index in [0.717, 1.165) is 39.7 Å². The minimum atomic E-state index is -0.304. The zero-order valence-corrected chi connectivity index (χ0v) is 52.6. The molecule has 0 unspecified atom stereocenters. The van der Waals surface area contributed by atoms with Crippen molar-refractivity contribution >= 4 is 93.3 Å². The average Bonchev–Trinajstić information content (AvgIpc) is 1.61. The molecule has 1 aliphatic carbocycles. The minimum absolute atomic E-state index is 0.304. The van der Waals surface area contributed by atoms with E-state index in [-0.39, 0.29) is 5.41 Å². The Morgan fingerprint density at radius 2 is 0.579 bits per heavy atom. The quantitative estimate of drug-likeness (QED) is 0.133. The standard InChI is InChI=1S/C91H62N4/c1-91(2)82-55-62(64-42-49-80-77-29-15-18-32-85(77)95(90(80)57-64)68-24-10-5-11-25-68)40-47-73(82)74-50-46-70(58-83(74)91)92(87-53-51-71(72-26-12-13-27-75(72)87)65-43-52-88-81(54-65)78-30-16-19-33-86(78)93(88)66-20-6-3-7-21-66)69-44-38-60(39-45-69)59-34-36-61(37-35-59)63-41-48-79-76-28-14-17-31-84(76)94(89(79)56-63)67-22-8-4-9-23-67/h3-58H,1-2H3. The van der Waals surface area contributed by atoms with Gasteiger partial charge in [-0.3, -0.25) is 0 Å². The van der Waals surface area contributed by atoms with Crippen LogP contribution in [0, 0.1) is 0 Å². The summed E-state index contributed by atoms with van der Waals surface area (Å²) < 4.78 is 7.20. The molecule has 0 amide bonds. The fourth-order valence-corrected chi connectivity index (χ4v) is 15.9. The van der Waals surface area contributed by atoms with Crippen molar-refractivity contribution in [2.24, 2.45) is 0 Å². The monoisotopic (exact) mass is 1210 g/mol.